The van der Waals surface area contributed by atoms with Gasteiger partial charge < -0.3 is 9.80 Å². The van der Waals surface area contributed by atoms with Gasteiger partial charge in [0.1, 0.15) is 0 Å². The van der Waals surface area contributed by atoms with Crippen LogP contribution in [0.2, 0.25) is 0 Å². The molecule has 0 bridgehead atoms. The summed E-state index contributed by atoms with van der Waals surface area (Å²) in [7, 11) is 2.23. The van der Waals surface area contributed by atoms with Gasteiger partial charge in [-0.15, -0.1) is 0 Å². The molecule has 2 aliphatic heterocycles. The minimum atomic E-state index is 0.145. The van der Waals surface area contributed by atoms with Crippen LogP contribution in [0.15, 0.2) is 0 Å². The first-order chi connectivity index (χ1) is 8.59. The van der Waals surface area contributed by atoms with Crippen molar-refractivity contribution in [1.82, 2.24) is 9.80 Å². The molecule has 1 amide bonds. The van der Waals surface area contributed by atoms with Crippen LogP contribution in [-0.4, -0.2) is 47.9 Å². The van der Waals surface area contributed by atoms with Crippen LogP contribution in [0.5, 0.6) is 0 Å². The van der Waals surface area contributed by atoms with Crippen molar-refractivity contribution in [1.29, 1.82) is 0 Å². The smallest absolute Gasteiger partial charge is 0.225 e. The van der Waals surface area contributed by atoms with Crippen LogP contribution in [0.25, 0.3) is 0 Å². The first kappa shape index (κ1) is 13.9. The van der Waals surface area contributed by atoms with Gasteiger partial charge in [-0.1, -0.05) is 13.8 Å². The second-order valence-electron chi connectivity index (χ2n) is 6.35. The normalized spacial score (nSPS) is 30.1. The molecule has 2 aliphatic rings. The molecular weight excluding hydrogens is 224 g/mol. The molecule has 3 heteroatoms. The van der Waals surface area contributed by atoms with E-state index in [-0.39, 0.29) is 5.92 Å². The minimum absolute atomic E-state index is 0.145. The van der Waals surface area contributed by atoms with E-state index in [9.17, 15) is 4.79 Å². The summed E-state index contributed by atoms with van der Waals surface area (Å²) < 4.78 is 0. The highest BCUT2D eigenvalue weighted by Gasteiger charge is 2.32. The molecule has 0 aromatic rings. The summed E-state index contributed by atoms with van der Waals surface area (Å²) in [6.07, 6.45) is 7.53. The van der Waals surface area contributed by atoms with Crippen LogP contribution < -0.4 is 0 Å². The number of hydrogen-bond acceptors (Lipinski definition) is 2. The predicted octanol–water partition coefficient (Wildman–Crippen LogP) is 2.51. The fourth-order valence-electron chi connectivity index (χ4n) is 3.46. The van der Waals surface area contributed by atoms with Crippen LogP contribution in [0, 0.1) is 5.92 Å². The molecule has 2 saturated heterocycles. The van der Waals surface area contributed by atoms with Gasteiger partial charge in [-0.25, -0.2) is 0 Å². The Labute approximate surface area is 112 Å². The number of carbonyl (C=O) groups is 1. The molecule has 0 aromatic carbocycles. The van der Waals surface area contributed by atoms with E-state index in [1.165, 1.54) is 45.1 Å². The fourth-order valence-corrected chi connectivity index (χ4v) is 3.46. The maximum absolute atomic E-state index is 12.3. The highest BCUT2D eigenvalue weighted by atomic mass is 16.2. The van der Waals surface area contributed by atoms with Gasteiger partial charge in [0.15, 0.2) is 0 Å². The number of hydrogen-bond donors (Lipinski definition) is 0. The summed E-state index contributed by atoms with van der Waals surface area (Å²) in [5.74, 6) is 0.507. The summed E-state index contributed by atoms with van der Waals surface area (Å²) in [5.41, 5.74) is 0. The molecule has 0 radical (unpaired) electrons. The number of amides is 1. The third-order valence-electron chi connectivity index (χ3n) is 4.62. The van der Waals surface area contributed by atoms with Crippen LogP contribution in [-0.2, 0) is 4.79 Å². The molecule has 2 rings (SSSR count). The maximum Gasteiger partial charge on any atom is 0.225 e. The lowest BCUT2D eigenvalue weighted by Gasteiger charge is -2.39. The van der Waals surface area contributed by atoms with Gasteiger partial charge in [-0.05, 0) is 52.1 Å². The molecule has 2 heterocycles. The number of rotatable bonds is 3. The molecule has 2 atom stereocenters. The highest BCUT2D eigenvalue weighted by molar-refractivity contribution is 5.78. The van der Waals surface area contributed by atoms with Crippen LogP contribution in [0.1, 0.15) is 52.4 Å². The predicted molar refractivity (Wildman–Crippen MR) is 74.5 cm³/mol. The molecule has 3 nitrogen and oxygen atoms in total. The lowest BCUT2D eigenvalue weighted by Crippen LogP contribution is -2.47. The average molecular weight is 252 g/mol. The zero-order valence-electron chi connectivity index (χ0n) is 12.2. The van der Waals surface area contributed by atoms with E-state index in [1.54, 1.807) is 0 Å². The molecule has 0 aliphatic carbocycles. The van der Waals surface area contributed by atoms with Crippen LogP contribution >= 0.6 is 0 Å². The third-order valence-corrected chi connectivity index (χ3v) is 4.62. The summed E-state index contributed by atoms with van der Waals surface area (Å²) in [5, 5.41) is 0. The topological polar surface area (TPSA) is 23.6 Å². The summed E-state index contributed by atoms with van der Waals surface area (Å²) in [4.78, 5) is 16.9. The zero-order chi connectivity index (χ0) is 13.1. The van der Waals surface area contributed by atoms with Crippen molar-refractivity contribution in [3.05, 3.63) is 0 Å². The monoisotopic (exact) mass is 252 g/mol. The van der Waals surface area contributed by atoms with Crippen molar-refractivity contribution in [3.8, 4) is 0 Å². The lowest BCUT2D eigenvalue weighted by molar-refractivity contribution is -0.138. The summed E-state index contributed by atoms with van der Waals surface area (Å²) in [6, 6.07) is 1.20. The molecule has 2 fully saturated rings. The van der Waals surface area contributed by atoms with Gasteiger partial charge in [0.05, 0.1) is 0 Å². The zero-order valence-corrected chi connectivity index (χ0v) is 12.2. The molecular formula is C15H28N2O. The van der Waals surface area contributed by atoms with Gasteiger partial charge in [0.2, 0.25) is 5.91 Å². The second kappa shape index (κ2) is 6.05. The maximum atomic E-state index is 12.3. The van der Waals surface area contributed by atoms with Crippen molar-refractivity contribution in [2.75, 3.05) is 20.1 Å². The Morgan fingerprint density at radius 3 is 2.44 bits per heavy atom. The van der Waals surface area contributed by atoms with E-state index in [4.69, 9.17) is 0 Å². The summed E-state index contributed by atoms with van der Waals surface area (Å²) in [6.45, 7) is 6.26. The first-order valence-corrected chi connectivity index (χ1v) is 7.60. The molecule has 1 unspecified atom stereocenters. The van der Waals surface area contributed by atoms with E-state index in [2.05, 4.69) is 16.8 Å². The van der Waals surface area contributed by atoms with Gasteiger partial charge in [0.25, 0.3) is 0 Å². The molecule has 0 aromatic heterocycles. The molecule has 0 spiro atoms. The molecule has 18 heavy (non-hydrogen) atoms. The van der Waals surface area contributed by atoms with E-state index < -0.39 is 0 Å². The van der Waals surface area contributed by atoms with Gasteiger partial charge in [-0.3, -0.25) is 4.79 Å². The number of nitrogens with zero attached hydrogens (tertiary/aromatic N) is 2. The first-order valence-electron chi connectivity index (χ1n) is 7.60. The Morgan fingerprint density at radius 2 is 1.83 bits per heavy atom. The van der Waals surface area contributed by atoms with E-state index in [0.717, 1.165) is 6.54 Å². The van der Waals surface area contributed by atoms with Crippen molar-refractivity contribution in [2.24, 2.45) is 5.92 Å². The van der Waals surface area contributed by atoms with Crippen molar-refractivity contribution >= 4 is 5.91 Å². The molecule has 0 N–H and O–H groups in total. The Hall–Kier alpha value is -0.570. The van der Waals surface area contributed by atoms with Gasteiger partial charge in [0, 0.05) is 24.5 Å². The molecule has 104 valence electrons. The van der Waals surface area contributed by atoms with Gasteiger partial charge in [-0.2, -0.15) is 0 Å². The Morgan fingerprint density at radius 1 is 1.11 bits per heavy atom. The Balaban J connectivity index is 1.97. The molecule has 0 saturated carbocycles. The Bertz CT molecular complexity index is 290. The van der Waals surface area contributed by atoms with Gasteiger partial charge >= 0.3 is 0 Å². The van der Waals surface area contributed by atoms with E-state index in [1.807, 2.05) is 13.8 Å². The van der Waals surface area contributed by atoms with Crippen LogP contribution in [0.4, 0.5) is 0 Å². The van der Waals surface area contributed by atoms with Crippen LogP contribution in [0.3, 0.4) is 0 Å². The summed E-state index contributed by atoms with van der Waals surface area (Å²) >= 11 is 0. The van der Waals surface area contributed by atoms with E-state index in [0.29, 0.717) is 18.0 Å². The van der Waals surface area contributed by atoms with Crippen molar-refractivity contribution in [2.45, 2.75) is 64.5 Å². The highest BCUT2D eigenvalue weighted by Crippen LogP contribution is 2.27. The lowest BCUT2D eigenvalue weighted by atomic mass is 9.93. The average Bonchev–Trinajstić information content (AvgIpc) is 2.75. The largest absolute Gasteiger partial charge is 0.339 e. The SMILES string of the molecule is CC(C)C(=O)N1CCCCC1C[C@@H]1CCCN1C. The second-order valence-corrected chi connectivity index (χ2v) is 6.35. The van der Waals surface area contributed by atoms with Crippen molar-refractivity contribution in [3.63, 3.8) is 0 Å². The third kappa shape index (κ3) is 3.05. The number of carbonyl (C=O) groups excluding carboxylic acids is 1. The van der Waals surface area contributed by atoms with Crippen molar-refractivity contribution < 1.29 is 4.79 Å². The number of piperidine rings is 1. The Kier molecular flexibility index (Phi) is 4.66. The fraction of sp³-hybridized carbons (Fsp3) is 0.933. The standard InChI is InChI=1S/C15H28N2O/c1-12(2)15(18)17-10-5-4-7-14(17)11-13-8-6-9-16(13)3/h12-14H,4-11H2,1-3H3/t13-,14?/m0/s1. The minimum Gasteiger partial charge on any atom is -0.339 e. The quantitative estimate of drug-likeness (QED) is 0.770. The number of likely N-dealkylation sites (tertiary alicyclic amines) is 2. The van der Waals surface area contributed by atoms with E-state index >= 15 is 0 Å².